The van der Waals surface area contributed by atoms with E-state index in [4.69, 9.17) is 0 Å². The molecule has 2 aromatic carbocycles. The van der Waals surface area contributed by atoms with Gasteiger partial charge < -0.3 is 4.90 Å². The van der Waals surface area contributed by atoms with Gasteiger partial charge in [0.25, 0.3) is 5.56 Å². The van der Waals surface area contributed by atoms with Gasteiger partial charge in [-0.1, -0.05) is 35.9 Å². The molecule has 0 spiro atoms. The van der Waals surface area contributed by atoms with Crippen LogP contribution in [0.4, 0.5) is 5.69 Å². The van der Waals surface area contributed by atoms with Crippen LogP contribution in [-0.4, -0.2) is 31.8 Å². The first kappa shape index (κ1) is 19.6. The van der Waals surface area contributed by atoms with Crippen molar-refractivity contribution in [3.63, 3.8) is 0 Å². The summed E-state index contributed by atoms with van der Waals surface area (Å²) >= 11 is 0. The molecule has 152 valence electrons. The standard InChI is InChI=1S/C23H23N5O2/c1-3-27(18-7-5-4-6-8-18)21(29)13-14-26-16-24-22-20(23(26)30)15-25-28(22)19-11-9-17(2)10-12-19/h4-12,15-16H,3,13-14H2,1-2H3. The largest absolute Gasteiger partial charge is 0.313 e. The van der Waals surface area contributed by atoms with Crippen LogP contribution < -0.4 is 10.5 Å². The highest BCUT2D eigenvalue weighted by Crippen LogP contribution is 2.16. The average Bonchev–Trinajstić information content (AvgIpc) is 3.20. The normalized spacial score (nSPS) is 11.0. The first-order chi connectivity index (χ1) is 14.6. The topological polar surface area (TPSA) is 73.0 Å². The van der Waals surface area contributed by atoms with Gasteiger partial charge in [-0.25, -0.2) is 9.67 Å². The molecule has 30 heavy (non-hydrogen) atoms. The van der Waals surface area contributed by atoms with E-state index in [1.807, 2.05) is 68.4 Å². The molecule has 0 atom stereocenters. The molecule has 2 aromatic heterocycles. The minimum absolute atomic E-state index is 0.0361. The monoisotopic (exact) mass is 401 g/mol. The van der Waals surface area contributed by atoms with Gasteiger partial charge in [0.2, 0.25) is 5.91 Å². The van der Waals surface area contributed by atoms with Crippen molar-refractivity contribution in [1.82, 2.24) is 19.3 Å². The van der Waals surface area contributed by atoms with Gasteiger partial charge in [-0.15, -0.1) is 0 Å². The summed E-state index contributed by atoms with van der Waals surface area (Å²) in [5, 5.41) is 4.77. The van der Waals surface area contributed by atoms with Crippen LogP contribution in [0.3, 0.4) is 0 Å². The number of amides is 1. The van der Waals surface area contributed by atoms with Crippen LogP contribution in [0.25, 0.3) is 16.7 Å². The van der Waals surface area contributed by atoms with Gasteiger partial charge in [0.05, 0.1) is 18.2 Å². The number of hydrogen-bond donors (Lipinski definition) is 0. The third kappa shape index (κ3) is 3.74. The fourth-order valence-electron chi connectivity index (χ4n) is 3.44. The van der Waals surface area contributed by atoms with E-state index in [2.05, 4.69) is 10.1 Å². The Morgan fingerprint density at radius 1 is 1.07 bits per heavy atom. The molecule has 0 aliphatic rings. The third-order valence-corrected chi connectivity index (χ3v) is 5.08. The van der Waals surface area contributed by atoms with Crippen LogP contribution in [0, 0.1) is 6.92 Å². The number of hydrogen-bond acceptors (Lipinski definition) is 4. The molecule has 0 saturated carbocycles. The zero-order valence-corrected chi connectivity index (χ0v) is 17.0. The molecule has 0 N–H and O–H groups in total. The Hall–Kier alpha value is -3.74. The predicted molar refractivity (Wildman–Crippen MR) is 117 cm³/mol. The van der Waals surface area contributed by atoms with Crippen molar-refractivity contribution in [2.24, 2.45) is 0 Å². The number of rotatable bonds is 6. The fraction of sp³-hybridized carbons (Fsp3) is 0.217. The Balaban J connectivity index is 1.55. The van der Waals surface area contributed by atoms with Crippen LogP contribution >= 0.6 is 0 Å². The van der Waals surface area contributed by atoms with Gasteiger partial charge in [-0.3, -0.25) is 14.2 Å². The Labute approximate surface area is 174 Å². The second-order valence-electron chi connectivity index (χ2n) is 7.10. The molecule has 1 amide bonds. The first-order valence-electron chi connectivity index (χ1n) is 9.94. The van der Waals surface area contributed by atoms with Crippen molar-refractivity contribution in [2.45, 2.75) is 26.8 Å². The summed E-state index contributed by atoms with van der Waals surface area (Å²) in [7, 11) is 0. The summed E-state index contributed by atoms with van der Waals surface area (Å²) in [6.07, 6.45) is 3.23. The number of fused-ring (bicyclic) bond motifs is 1. The van der Waals surface area contributed by atoms with Crippen LogP contribution in [-0.2, 0) is 11.3 Å². The number of aryl methyl sites for hydroxylation is 2. The summed E-state index contributed by atoms with van der Waals surface area (Å²) < 4.78 is 3.13. The Morgan fingerprint density at radius 2 is 1.80 bits per heavy atom. The van der Waals surface area contributed by atoms with Crippen molar-refractivity contribution < 1.29 is 4.79 Å². The molecule has 2 heterocycles. The molecule has 0 fully saturated rings. The van der Waals surface area contributed by atoms with Gasteiger partial charge in [-0.05, 0) is 38.1 Å². The van der Waals surface area contributed by atoms with Crippen molar-refractivity contribution in [3.8, 4) is 5.69 Å². The number of aromatic nitrogens is 4. The fourth-order valence-corrected chi connectivity index (χ4v) is 3.44. The van der Waals surface area contributed by atoms with E-state index in [1.165, 1.54) is 17.1 Å². The summed E-state index contributed by atoms with van der Waals surface area (Å²) in [6, 6.07) is 17.4. The van der Waals surface area contributed by atoms with Gasteiger partial charge in [0, 0.05) is 25.2 Å². The molecular formula is C23H23N5O2. The quantitative estimate of drug-likeness (QED) is 0.497. The Kier molecular flexibility index (Phi) is 5.43. The number of benzene rings is 2. The molecule has 4 rings (SSSR count). The molecule has 7 heteroatoms. The van der Waals surface area contributed by atoms with Gasteiger partial charge in [-0.2, -0.15) is 5.10 Å². The smallest absolute Gasteiger partial charge is 0.264 e. The Morgan fingerprint density at radius 3 is 2.50 bits per heavy atom. The lowest BCUT2D eigenvalue weighted by Gasteiger charge is -2.21. The van der Waals surface area contributed by atoms with E-state index in [0.717, 1.165) is 16.9 Å². The predicted octanol–water partition coefficient (Wildman–Crippen LogP) is 3.33. The molecule has 0 radical (unpaired) electrons. The van der Waals surface area contributed by atoms with Crippen molar-refractivity contribution in [1.29, 1.82) is 0 Å². The lowest BCUT2D eigenvalue weighted by atomic mass is 10.2. The minimum Gasteiger partial charge on any atom is -0.313 e. The molecule has 0 unspecified atom stereocenters. The average molecular weight is 401 g/mol. The summed E-state index contributed by atoms with van der Waals surface area (Å²) in [5.74, 6) is -0.0361. The molecule has 0 saturated heterocycles. The van der Waals surface area contributed by atoms with Crippen molar-refractivity contribution >= 4 is 22.6 Å². The number of nitrogens with zero attached hydrogens (tertiary/aromatic N) is 5. The van der Waals surface area contributed by atoms with E-state index < -0.39 is 0 Å². The third-order valence-electron chi connectivity index (χ3n) is 5.08. The van der Waals surface area contributed by atoms with Crippen LogP contribution in [0.5, 0.6) is 0 Å². The SMILES string of the molecule is CCN(C(=O)CCn1cnc2c(cnn2-c2ccc(C)cc2)c1=O)c1ccccc1. The second-order valence-corrected chi connectivity index (χ2v) is 7.10. The summed E-state index contributed by atoms with van der Waals surface area (Å²) in [4.78, 5) is 31.8. The zero-order chi connectivity index (χ0) is 21.1. The number of anilines is 1. The van der Waals surface area contributed by atoms with Gasteiger partial charge >= 0.3 is 0 Å². The molecule has 0 aliphatic carbocycles. The summed E-state index contributed by atoms with van der Waals surface area (Å²) in [6.45, 7) is 4.78. The van der Waals surface area contributed by atoms with Crippen molar-refractivity contribution in [2.75, 3.05) is 11.4 Å². The lowest BCUT2D eigenvalue weighted by molar-refractivity contribution is -0.118. The maximum absolute atomic E-state index is 12.9. The highest BCUT2D eigenvalue weighted by molar-refractivity contribution is 5.93. The second kappa shape index (κ2) is 8.32. The molecule has 0 bridgehead atoms. The minimum atomic E-state index is -0.200. The summed E-state index contributed by atoms with van der Waals surface area (Å²) in [5.41, 5.74) is 3.15. The lowest BCUT2D eigenvalue weighted by Crippen LogP contribution is -2.32. The molecule has 7 nitrogen and oxygen atoms in total. The number of carbonyl (C=O) groups excluding carboxylic acids is 1. The number of para-hydroxylation sites is 1. The van der Waals surface area contributed by atoms with Crippen LogP contribution in [0.15, 0.2) is 71.9 Å². The molecule has 0 aliphatic heterocycles. The van der Waals surface area contributed by atoms with Crippen LogP contribution in [0.1, 0.15) is 18.9 Å². The van der Waals surface area contributed by atoms with Crippen LogP contribution in [0.2, 0.25) is 0 Å². The number of carbonyl (C=O) groups is 1. The van der Waals surface area contributed by atoms with E-state index in [-0.39, 0.29) is 24.4 Å². The molecular weight excluding hydrogens is 378 g/mol. The molecule has 4 aromatic rings. The van der Waals surface area contributed by atoms with E-state index in [0.29, 0.717) is 17.6 Å². The highest BCUT2D eigenvalue weighted by Gasteiger charge is 2.16. The highest BCUT2D eigenvalue weighted by atomic mass is 16.2. The maximum atomic E-state index is 12.9. The van der Waals surface area contributed by atoms with E-state index in [9.17, 15) is 9.59 Å². The Bertz CT molecular complexity index is 1230. The van der Waals surface area contributed by atoms with Gasteiger partial charge in [0.1, 0.15) is 5.39 Å². The zero-order valence-electron chi connectivity index (χ0n) is 17.0. The van der Waals surface area contributed by atoms with E-state index in [1.54, 1.807) is 9.58 Å². The first-order valence-corrected chi connectivity index (χ1v) is 9.94. The van der Waals surface area contributed by atoms with Crippen molar-refractivity contribution in [3.05, 3.63) is 83.0 Å². The maximum Gasteiger partial charge on any atom is 0.264 e. The van der Waals surface area contributed by atoms with E-state index >= 15 is 0 Å². The van der Waals surface area contributed by atoms with Gasteiger partial charge in [0.15, 0.2) is 5.65 Å².